The molecule has 3 unspecified atom stereocenters. The van der Waals surface area contributed by atoms with Crippen molar-refractivity contribution in [2.24, 2.45) is 0 Å². The molecule has 1 aliphatic carbocycles. The third-order valence-corrected chi connectivity index (χ3v) is 6.54. The van der Waals surface area contributed by atoms with Gasteiger partial charge in [-0.15, -0.1) is 0 Å². The third-order valence-electron chi connectivity index (χ3n) is 4.70. The van der Waals surface area contributed by atoms with Crippen molar-refractivity contribution in [3.05, 3.63) is 0 Å². The second kappa shape index (κ2) is 9.00. The van der Waals surface area contributed by atoms with E-state index in [1.807, 2.05) is 4.72 Å². The van der Waals surface area contributed by atoms with Crippen molar-refractivity contribution >= 4 is 33.0 Å². The van der Waals surface area contributed by atoms with Crippen molar-refractivity contribution in [2.75, 3.05) is 6.61 Å². The quantitative estimate of drug-likeness (QED) is 0.215. The molecule has 3 aliphatic rings. The highest BCUT2D eigenvalue weighted by Crippen LogP contribution is 2.45. The fraction of sp³-hybridized carbons (Fsp3) is 1.00. The van der Waals surface area contributed by atoms with Gasteiger partial charge in [-0.3, -0.25) is 21.7 Å². The van der Waals surface area contributed by atoms with E-state index in [2.05, 4.69) is 0 Å². The average molecular weight is 498 g/mol. The molecule has 0 spiro atoms. The Bertz CT molecular complexity index is 787. The van der Waals surface area contributed by atoms with E-state index in [9.17, 15) is 26.5 Å². The van der Waals surface area contributed by atoms with E-state index in [1.165, 1.54) is 13.8 Å². The minimum atomic E-state index is -4.43. The first-order valence-electron chi connectivity index (χ1n) is 8.80. The lowest BCUT2D eigenvalue weighted by molar-refractivity contribution is -0.324. The van der Waals surface area contributed by atoms with Crippen LogP contribution < -0.4 is 4.72 Å². The second-order valence-electron chi connectivity index (χ2n) is 7.33. The van der Waals surface area contributed by atoms with E-state index in [1.54, 1.807) is 0 Å². The van der Waals surface area contributed by atoms with Crippen LogP contribution in [0.4, 0.5) is 0 Å². The van der Waals surface area contributed by atoms with Gasteiger partial charge in [-0.2, -0.15) is 21.6 Å². The Morgan fingerprint density at radius 2 is 1.80 bits per heavy atom. The average Bonchev–Trinajstić information content (AvgIpc) is 2.84. The monoisotopic (exact) mass is 497 g/mol. The van der Waals surface area contributed by atoms with Gasteiger partial charge in [0.2, 0.25) is 5.79 Å². The number of hydrogen-bond donors (Lipinski definition) is 4. The molecule has 7 atom stereocenters. The number of rotatable bonds is 9. The molecule has 0 aromatic heterocycles. The maximum absolute atomic E-state index is 12.2. The van der Waals surface area contributed by atoms with Crippen LogP contribution in [0, 0.1) is 0 Å². The van der Waals surface area contributed by atoms with Crippen LogP contribution in [0.15, 0.2) is 0 Å². The highest BCUT2D eigenvalue weighted by molar-refractivity contribution is 7.84. The minimum Gasteiger partial charge on any atom is -0.372 e. The first-order valence-corrected chi connectivity index (χ1v) is 12.3. The van der Waals surface area contributed by atoms with E-state index in [4.69, 9.17) is 31.3 Å². The van der Waals surface area contributed by atoms with Gasteiger partial charge in [0, 0.05) is 0 Å². The van der Waals surface area contributed by atoms with Crippen LogP contribution in [0.25, 0.3) is 0 Å². The molecule has 0 radical (unpaired) electrons. The molecule has 1 saturated carbocycles. The Morgan fingerprint density at radius 1 is 1.17 bits per heavy atom. The zero-order valence-corrected chi connectivity index (χ0v) is 18.3. The van der Waals surface area contributed by atoms with Crippen LogP contribution >= 0.6 is 0 Å². The molecule has 2 saturated heterocycles. The molecule has 4 N–H and O–H groups in total. The summed E-state index contributed by atoms with van der Waals surface area (Å²) in [6, 6.07) is 0. The summed E-state index contributed by atoms with van der Waals surface area (Å²) in [6.45, 7) is 2.25. The van der Waals surface area contributed by atoms with Gasteiger partial charge in [0.05, 0.1) is 12.7 Å². The Morgan fingerprint density at radius 3 is 2.33 bits per heavy atom. The summed E-state index contributed by atoms with van der Waals surface area (Å²) in [7, 11) is -4.43. The van der Waals surface area contributed by atoms with Crippen molar-refractivity contribution in [3.8, 4) is 0 Å². The molecule has 30 heavy (non-hydrogen) atoms. The molecule has 3 fully saturated rings. The normalized spacial score (nSPS) is 37.2. The molecule has 14 nitrogen and oxygen atoms in total. The van der Waals surface area contributed by atoms with Crippen molar-refractivity contribution in [1.29, 1.82) is 0 Å². The maximum atomic E-state index is 12.2. The maximum Gasteiger partial charge on any atom is 0.338 e. The van der Waals surface area contributed by atoms with E-state index in [0.717, 1.165) is 6.42 Å². The zero-order valence-electron chi connectivity index (χ0n) is 15.9. The summed E-state index contributed by atoms with van der Waals surface area (Å²) < 4.78 is 98.1. The molecule has 2 aliphatic heterocycles. The van der Waals surface area contributed by atoms with E-state index in [0.29, 0.717) is 12.8 Å². The van der Waals surface area contributed by atoms with Gasteiger partial charge >= 0.3 is 33.0 Å². The lowest BCUT2D eigenvalue weighted by atomic mass is 9.96. The number of fused-ring (bicyclic) bond motifs is 1. The van der Waals surface area contributed by atoms with E-state index >= 15 is 0 Å². The first-order chi connectivity index (χ1) is 13.8. The van der Waals surface area contributed by atoms with Crippen LogP contribution in [0.2, 0.25) is 0 Å². The van der Waals surface area contributed by atoms with Crippen LogP contribution in [-0.4, -0.2) is 79.9 Å². The third kappa shape index (κ3) is 5.42. The molecule has 0 aromatic rings. The Balaban J connectivity index is 1.87. The van der Waals surface area contributed by atoms with Gasteiger partial charge in [0.15, 0.2) is 12.0 Å². The van der Waals surface area contributed by atoms with E-state index in [-0.39, 0.29) is 0 Å². The highest BCUT2D eigenvalue weighted by atomic mass is 32.2. The smallest absolute Gasteiger partial charge is 0.338 e. The predicted molar refractivity (Wildman–Crippen MR) is 96.8 cm³/mol. The molecule has 176 valence electrons. The largest absolute Gasteiger partial charge is 0.372 e. The van der Waals surface area contributed by atoms with Crippen molar-refractivity contribution in [3.63, 3.8) is 0 Å². The number of hydrogen-bond acceptors (Lipinski definition) is 11. The predicted octanol–water partition coefficient (Wildman–Crippen LogP) is -1.37. The van der Waals surface area contributed by atoms with Gasteiger partial charge in [0.25, 0.3) is 0 Å². The number of nitrogens with one attached hydrogen (secondary N) is 1. The molecular formula is C13H23NO13S3. The van der Waals surface area contributed by atoms with E-state index < -0.39 is 81.9 Å². The van der Waals surface area contributed by atoms with Crippen molar-refractivity contribution in [2.45, 2.75) is 75.3 Å². The van der Waals surface area contributed by atoms with Gasteiger partial charge in [-0.05, 0) is 33.1 Å². The minimum absolute atomic E-state index is 0.516. The summed E-state index contributed by atoms with van der Waals surface area (Å²) in [6.07, 6.45) is -5.22. The SMILES string of the molecule is CC1(C)O[C@H]2[C@H](OS(=O)O)[C@H](OS(=O)O)CO[C@@]2(C(O)NS(=O)(=O)OC2CCC2)O1. The van der Waals surface area contributed by atoms with Crippen LogP contribution in [0.3, 0.4) is 0 Å². The molecule has 0 bridgehead atoms. The van der Waals surface area contributed by atoms with Gasteiger partial charge in [-0.1, -0.05) is 0 Å². The summed E-state index contributed by atoms with van der Waals surface area (Å²) in [4.78, 5) is 0. The Hall–Kier alpha value is -0.150. The fourth-order valence-corrected chi connectivity index (χ4v) is 5.18. The second-order valence-corrected chi connectivity index (χ2v) is 9.92. The standard InChI is InChI=1S/C13H23NO13S3/c1-12(2)23-10-9(25-29(18)19)8(24-28(16)17)6-22-13(10,27-12)11(15)14-30(20,21)26-7-4-3-5-7/h7-11,14-15H,3-6H2,1-2H3,(H,16,17)(H,18,19)/t8-,9-,10+,11?,13-/m1/s1. The van der Waals surface area contributed by atoms with Crippen LogP contribution in [0.5, 0.6) is 0 Å². The van der Waals surface area contributed by atoms with Gasteiger partial charge in [-0.25, -0.2) is 0 Å². The molecule has 0 aromatic carbocycles. The topological polar surface area (TPSA) is 196 Å². The molecule has 17 heteroatoms. The molecule has 0 amide bonds. The zero-order chi connectivity index (χ0) is 22.3. The van der Waals surface area contributed by atoms with Gasteiger partial charge < -0.3 is 19.3 Å². The summed E-state index contributed by atoms with van der Waals surface area (Å²) in [5.41, 5.74) is 0. The Kier molecular flexibility index (Phi) is 7.35. The number of ether oxygens (including phenoxy) is 3. The first kappa shape index (κ1) is 24.5. The Labute approximate surface area is 177 Å². The summed E-state index contributed by atoms with van der Waals surface area (Å²) in [5, 5.41) is 10.7. The highest BCUT2D eigenvalue weighted by Gasteiger charge is 2.67. The fourth-order valence-electron chi connectivity index (χ4n) is 3.34. The number of aliphatic hydroxyl groups excluding tert-OH is 1. The van der Waals surface area contributed by atoms with Crippen LogP contribution in [0.1, 0.15) is 33.1 Å². The lowest BCUT2D eigenvalue weighted by Crippen LogP contribution is -2.68. The molecule has 3 rings (SSSR count). The number of aliphatic hydroxyl groups is 1. The summed E-state index contributed by atoms with van der Waals surface area (Å²) >= 11 is -5.68. The van der Waals surface area contributed by atoms with Crippen molar-refractivity contribution < 1.29 is 57.8 Å². The van der Waals surface area contributed by atoms with Crippen molar-refractivity contribution in [1.82, 2.24) is 4.72 Å². The van der Waals surface area contributed by atoms with Gasteiger partial charge in [0.1, 0.15) is 18.3 Å². The molecular weight excluding hydrogens is 474 g/mol. The van der Waals surface area contributed by atoms with Crippen LogP contribution in [-0.2, 0) is 59.8 Å². The summed E-state index contributed by atoms with van der Waals surface area (Å²) in [5.74, 6) is -3.72. The molecule has 2 heterocycles. The lowest BCUT2D eigenvalue weighted by Gasteiger charge is -2.44.